The predicted molar refractivity (Wildman–Crippen MR) is 162 cm³/mol. The highest BCUT2D eigenvalue weighted by Crippen LogP contribution is 2.33. The Kier molecular flexibility index (Phi) is 10.2. The number of piperidine rings is 1. The lowest BCUT2D eigenvalue weighted by molar-refractivity contribution is 0.0703. The quantitative estimate of drug-likeness (QED) is 0.292. The molecule has 2 saturated heterocycles. The number of rotatable bonds is 11. The molecule has 0 saturated carbocycles. The fourth-order valence-electron chi connectivity index (χ4n) is 5.59. The SMILES string of the molecule is CCCCc1ccc(OC)c(-c2csc(NC(=O)c3ccc(CN4CCC(NC5CCOCC5)CC4)cc3)n2)c1. The second kappa shape index (κ2) is 14.2. The number of unbranched alkanes of at least 4 members (excludes halogenated alkanes) is 1. The van der Waals surface area contributed by atoms with E-state index in [1.165, 1.54) is 35.3 Å². The molecule has 3 aromatic rings. The van der Waals surface area contributed by atoms with Crippen molar-refractivity contribution in [3.8, 4) is 17.0 Å². The van der Waals surface area contributed by atoms with Gasteiger partial charge in [0.15, 0.2) is 5.13 Å². The van der Waals surface area contributed by atoms with E-state index in [2.05, 4.69) is 46.7 Å². The highest BCUT2D eigenvalue weighted by Gasteiger charge is 2.23. The molecule has 8 heteroatoms. The van der Waals surface area contributed by atoms with Gasteiger partial charge in [-0.3, -0.25) is 15.0 Å². The maximum atomic E-state index is 13.0. The normalized spacial score (nSPS) is 17.1. The van der Waals surface area contributed by atoms with E-state index >= 15 is 0 Å². The molecule has 40 heavy (non-hydrogen) atoms. The fraction of sp³-hybridized carbons (Fsp3) is 0.500. The van der Waals surface area contributed by atoms with Gasteiger partial charge < -0.3 is 14.8 Å². The largest absolute Gasteiger partial charge is 0.496 e. The molecule has 0 radical (unpaired) electrons. The number of aryl methyl sites for hydroxylation is 1. The maximum absolute atomic E-state index is 13.0. The van der Waals surface area contributed by atoms with E-state index in [1.54, 1.807) is 7.11 Å². The zero-order valence-electron chi connectivity index (χ0n) is 23.8. The molecule has 0 bridgehead atoms. The number of thiazole rings is 1. The van der Waals surface area contributed by atoms with E-state index in [4.69, 9.17) is 14.5 Å². The van der Waals surface area contributed by atoms with Crippen molar-refractivity contribution in [1.82, 2.24) is 15.2 Å². The molecule has 3 heterocycles. The second-order valence-electron chi connectivity index (χ2n) is 10.9. The molecule has 0 unspecified atom stereocenters. The van der Waals surface area contributed by atoms with Gasteiger partial charge in [-0.05, 0) is 87.0 Å². The van der Waals surface area contributed by atoms with Gasteiger partial charge in [0, 0.05) is 48.3 Å². The smallest absolute Gasteiger partial charge is 0.257 e. The summed E-state index contributed by atoms with van der Waals surface area (Å²) >= 11 is 1.43. The molecule has 214 valence electrons. The molecule has 1 amide bonds. The summed E-state index contributed by atoms with van der Waals surface area (Å²) in [5.41, 5.74) is 4.92. The number of hydrogen-bond donors (Lipinski definition) is 2. The molecule has 1 aromatic heterocycles. The van der Waals surface area contributed by atoms with Gasteiger partial charge in [-0.15, -0.1) is 11.3 Å². The molecule has 0 aliphatic carbocycles. The van der Waals surface area contributed by atoms with Crippen LogP contribution in [0.15, 0.2) is 47.8 Å². The molecule has 5 rings (SSSR count). The van der Waals surface area contributed by atoms with Crippen LogP contribution in [0.4, 0.5) is 5.13 Å². The average Bonchev–Trinajstić information content (AvgIpc) is 3.46. The predicted octanol–water partition coefficient (Wildman–Crippen LogP) is 6.15. The lowest BCUT2D eigenvalue weighted by Gasteiger charge is -2.35. The van der Waals surface area contributed by atoms with Crippen LogP contribution in [-0.2, 0) is 17.7 Å². The van der Waals surface area contributed by atoms with Crippen LogP contribution in [0, 0.1) is 0 Å². The minimum absolute atomic E-state index is 0.142. The van der Waals surface area contributed by atoms with Gasteiger partial charge in [0.1, 0.15) is 5.75 Å². The van der Waals surface area contributed by atoms with Gasteiger partial charge >= 0.3 is 0 Å². The number of ether oxygens (including phenoxy) is 2. The van der Waals surface area contributed by atoms with Crippen molar-refractivity contribution in [3.63, 3.8) is 0 Å². The summed E-state index contributed by atoms with van der Waals surface area (Å²) in [5.74, 6) is 0.648. The van der Waals surface area contributed by atoms with Gasteiger partial charge in [0.05, 0.1) is 12.8 Å². The third kappa shape index (κ3) is 7.69. The Bertz CT molecular complexity index is 1230. The van der Waals surface area contributed by atoms with Crippen LogP contribution < -0.4 is 15.4 Å². The number of aromatic nitrogens is 1. The van der Waals surface area contributed by atoms with Crippen molar-refractivity contribution in [1.29, 1.82) is 0 Å². The number of methoxy groups -OCH3 is 1. The third-order valence-corrected chi connectivity index (χ3v) is 8.74. The highest BCUT2D eigenvalue weighted by atomic mass is 32.1. The number of hydrogen-bond acceptors (Lipinski definition) is 7. The van der Waals surface area contributed by atoms with Gasteiger partial charge in [-0.2, -0.15) is 0 Å². The lowest BCUT2D eigenvalue weighted by Crippen LogP contribution is -2.47. The Hall–Kier alpha value is -2.78. The Labute approximate surface area is 242 Å². The number of anilines is 1. The summed E-state index contributed by atoms with van der Waals surface area (Å²) < 4.78 is 11.1. The molecule has 7 nitrogen and oxygen atoms in total. The Morgan fingerprint density at radius 3 is 2.50 bits per heavy atom. The van der Waals surface area contributed by atoms with Crippen molar-refractivity contribution in [3.05, 3.63) is 64.5 Å². The van der Waals surface area contributed by atoms with Crippen LogP contribution in [0.5, 0.6) is 5.75 Å². The van der Waals surface area contributed by atoms with E-state index in [9.17, 15) is 4.79 Å². The van der Waals surface area contributed by atoms with Crippen LogP contribution >= 0.6 is 11.3 Å². The Balaban J connectivity index is 1.12. The summed E-state index contributed by atoms with van der Waals surface area (Å²) in [6, 6.07) is 15.5. The molecular formula is C32H42N4O3S. The Morgan fingerprint density at radius 1 is 1.05 bits per heavy atom. The third-order valence-electron chi connectivity index (χ3n) is 7.99. The summed E-state index contributed by atoms with van der Waals surface area (Å²) in [5, 5.41) is 9.38. The summed E-state index contributed by atoms with van der Waals surface area (Å²) in [7, 11) is 1.68. The van der Waals surface area contributed by atoms with E-state index in [0.717, 1.165) is 82.0 Å². The first kappa shape index (κ1) is 28.7. The monoisotopic (exact) mass is 562 g/mol. The van der Waals surface area contributed by atoms with E-state index < -0.39 is 0 Å². The van der Waals surface area contributed by atoms with E-state index in [0.29, 0.717) is 22.8 Å². The summed E-state index contributed by atoms with van der Waals surface area (Å²) in [4.78, 5) is 20.2. The lowest BCUT2D eigenvalue weighted by atomic mass is 10.0. The molecular weight excluding hydrogens is 520 g/mol. The van der Waals surface area contributed by atoms with Crippen LogP contribution in [-0.4, -0.2) is 61.3 Å². The zero-order chi connectivity index (χ0) is 27.7. The number of benzene rings is 2. The van der Waals surface area contributed by atoms with Crippen LogP contribution in [0.1, 0.15) is 66.9 Å². The van der Waals surface area contributed by atoms with Crippen LogP contribution in [0.2, 0.25) is 0 Å². The van der Waals surface area contributed by atoms with E-state index in [-0.39, 0.29) is 5.91 Å². The Morgan fingerprint density at radius 2 is 1.77 bits per heavy atom. The number of nitrogens with one attached hydrogen (secondary N) is 2. The molecule has 2 aliphatic heterocycles. The van der Waals surface area contributed by atoms with Crippen LogP contribution in [0.25, 0.3) is 11.3 Å². The minimum Gasteiger partial charge on any atom is -0.496 e. The summed E-state index contributed by atoms with van der Waals surface area (Å²) in [6.07, 6.45) is 7.96. The molecule has 2 aliphatic rings. The molecule has 2 N–H and O–H groups in total. The van der Waals surface area contributed by atoms with Crippen molar-refractivity contribution in [2.45, 2.75) is 70.5 Å². The molecule has 2 aromatic carbocycles. The topological polar surface area (TPSA) is 75.7 Å². The fourth-order valence-corrected chi connectivity index (χ4v) is 6.30. The van der Waals surface area contributed by atoms with Gasteiger partial charge in [-0.1, -0.05) is 31.5 Å². The number of carbonyl (C=O) groups excluding carboxylic acids is 1. The number of nitrogens with zero attached hydrogens (tertiary/aromatic N) is 2. The van der Waals surface area contributed by atoms with Gasteiger partial charge in [-0.25, -0.2) is 4.98 Å². The van der Waals surface area contributed by atoms with Gasteiger partial charge in [0.2, 0.25) is 0 Å². The van der Waals surface area contributed by atoms with Crippen molar-refractivity contribution < 1.29 is 14.3 Å². The second-order valence-corrected chi connectivity index (χ2v) is 11.8. The van der Waals surface area contributed by atoms with Crippen molar-refractivity contribution in [2.24, 2.45) is 0 Å². The van der Waals surface area contributed by atoms with Gasteiger partial charge in [0.25, 0.3) is 5.91 Å². The first-order valence-corrected chi connectivity index (χ1v) is 15.6. The number of likely N-dealkylation sites (tertiary alicyclic amines) is 1. The van der Waals surface area contributed by atoms with Crippen molar-refractivity contribution in [2.75, 3.05) is 38.7 Å². The van der Waals surface area contributed by atoms with E-state index in [1.807, 2.05) is 23.6 Å². The van der Waals surface area contributed by atoms with Crippen molar-refractivity contribution >= 4 is 22.4 Å². The first-order chi connectivity index (χ1) is 19.6. The first-order valence-electron chi connectivity index (χ1n) is 14.7. The number of carbonyl (C=O) groups is 1. The van der Waals surface area contributed by atoms with Crippen LogP contribution in [0.3, 0.4) is 0 Å². The summed E-state index contributed by atoms with van der Waals surface area (Å²) in [6.45, 7) is 7.09. The number of amides is 1. The standard InChI is InChI=1S/C32H42N4O3S/c1-3-4-5-23-8-11-30(38-2)28(20-23)29-22-40-32(34-29)35-31(37)25-9-6-24(7-10-25)21-36-16-12-26(13-17-36)33-27-14-18-39-19-15-27/h6-11,20,22,26-27,33H,3-5,12-19,21H2,1-2H3,(H,34,35,37). The molecule has 2 fully saturated rings. The minimum atomic E-state index is -0.142. The zero-order valence-corrected chi connectivity index (χ0v) is 24.6. The average molecular weight is 563 g/mol. The highest BCUT2D eigenvalue weighted by molar-refractivity contribution is 7.14. The molecule has 0 spiro atoms. The maximum Gasteiger partial charge on any atom is 0.257 e. The molecule has 0 atom stereocenters.